The van der Waals surface area contributed by atoms with Crippen molar-refractivity contribution in [3.05, 3.63) is 114 Å². The summed E-state index contributed by atoms with van der Waals surface area (Å²) in [5.41, 5.74) is 6.79. The van der Waals surface area contributed by atoms with Crippen LogP contribution in [0.5, 0.6) is 0 Å². The van der Waals surface area contributed by atoms with E-state index in [1.54, 1.807) is 10.7 Å². The Kier molecular flexibility index (Phi) is 4.81. The molecule has 34 heavy (non-hydrogen) atoms. The first-order chi connectivity index (χ1) is 16.7. The van der Waals surface area contributed by atoms with Crippen molar-refractivity contribution < 1.29 is 0 Å². The largest absolute Gasteiger partial charge is 0.332 e. The monoisotopic (exact) mass is 442 g/mol. The second-order valence-electron chi connectivity index (χ2n) is 8.24. The Balaban J connectivity index is 1.69. The molecule has 3 aromatic heterocycles. The van der Waals surface area contributed by atoms with E-state index in [1.165, 1.54) is 0 Å². The Morgan fingerprint density at radius 1 is 0.794 bits per heavy atom. The number of fused-ring (bicyclic) bond motifs is 2. The summed E-state index contributed by atoms with van der Waals surface area (Å²) >= 11 is 0. The third-order valence-corrected chi connectivity index (χ3v) is 6.21. The SMILES string of the molecule is CCn1cc(-c2ccc3ncccc3c2)c(=O)n2nc(-c3ccccc3)c(-c3ccccc3)c12. The van der Waals surface area contributed by atoms with Crippen LogP contribution in [-0.2, 0) is 6.54 Å². The average Bonchev–Trinajstić information content (AvgIpc) is 3.31. The zero-order valence-electron chi connectivity index (χ0n) is 18.7. The van der Waals surface area contributed by atoms with Gasteiger partial charge in [0, 0.05) is 29.9 Å². The lowest BCUT2D eigenvalue weighted by Gasteiger charge is -2.12. The Morgan fingerprint density at radius 2 is 1.53 bits per heavy atom. The fourth-order valence-electron chi connectivity index (χ4n) is 4.55. The predicted molar refractivity (Wildman–Crippen MR) is 137 cm³/mol. The third kappa shape index (κ3) is 3.21. The molecule has 0 saturated heterocycles. The number of nitrogens with zero attached hydrogens (tertiary/aromatic N) is 4. The number of benzene rings is 3. The quantitative estimate of drug-likeness (QED) is 0.333. The van der Waals surface area contributed by atoms with E-state index >= 15 is 0 Å². The highest BCUT2D eigenvalue weighted by molar-refractivity contribution is 5.91. The third-order valence-electron chi connectivity index (χ3n) is 6.21. The first-order valence-electron chi connectivity index (χ1n) is 11.4. The van der Waals surface area contributed by atoms with Crippen LogP contribution < -0.4 is 5.56 Å². The molecule has 0 unspecified atom stereocenters. The zero-order valence-corrected chi connectivity index (χ0v) is 18.7. The lowest BCUT2D eigenvalue weighted by molar-refractivity contribution is 0.742. The maximum atomic E-state index is 13.8. The van der Waals surface area contributed by atoms with Crippen molar-refractivity contribution in [2.24, 2.45) is 0 Å². The van der Waals surface area contributed by atoms with E-state index in [0.29, 0.717) is 12.1 Å². The molecule has 6 rings (SSSR count). The molecule has 0 aliphatic rings. The van der Waals surface area contributed by atoms with Gasteiger partial charge >= 0.3 is 0 Å². The van der Waals surface area contributed by atoms with E-state index in [1.807, 2.05) is 85.1 Å². The number of hydrogen-bond donors (Lipinski definition) is 0. The maximum absolute atomic E-state index is 13.8. The van der Waals surface area contributed by atoms with Crippen molar-refractivity contribution in [3.8, 4) is 33.5 Å². The molecule has 3 aromatic carbocycles. The van der Waals surface area contributed by atoms with Gasteiger partial charge in [-0.05, 0) is 36.2 Å². The highest BCUT2D eigenvalue weighted by Gasteiger charge is 2.22. The molecule has 0 saturated carbocycles. The summed E-state index contributed by atoms with van der Waals surface area (Å²) in [6.45, 7) is 2.79. The molecule has 0 fully saturated rings. The van der Waals surface area contributed by atoms with Crippen molar-refractivity contribution in [3.63, 3.8) is 0 Å². The van der Waals surface area contributed by atoms with Crippen LogP contribution >= 0.6 is 0 Å². The summed E-state index contributed by atoms with van der Waals surface area (Å²) < 4.78 is 3.68. The van der Waals surface area contributed by atoms with Crippen LogP contribution in [0, 0.1) is 0 Å². The Morgan fingerprint density at radius 3 is 2.26 bits per heavy atom. The van der Waals surface area contributed by atoms with E-state index < -0.39 is 0 Å². The summed E-state index contributed by atoms with van der Waals surface area (Å²) in [7, 11) is 0. The molecule has 0 amide bonds. The van der Waals surface area contributed by atoms with Gasteiger partial charge in [0.2, 0.25) is 0 Å². The van der Waals surface area contributed by atoms with Gasteiger partial charge in [0.1, 0.15) is 11.3 Å². The second-order valence-corrected chi connectivity index (χ2v) is 8.24. The summed E-state index contributed by atoms with van der Waals surface area (Å²) in [5.74, 6) is 0. The van der Waals surface area contributed by atoms with Crippen LogP contribution in [0.15, 0.2) is 108 Å². The number of pyridine rings is 1. The van der Waals surface area contributed by atoms with Gasteiger partial charge in [-0.3, -0.25) is 9.78 Å². The minimum Gasteiger partial charge on any atom is -0.332 e. The Bertz CT molecular complexity index is 1700. The van der Waals surface area contributed by atoms with E-state index in [-0.39, 0.29) is 5.56 Å². The molecular weight excluding hydrogens is 420 g/mol. The van der Waals surface area contributed by atoms with Crippen LogP contribution in [-0.4, -0.2) is 19.2 Å². The Labute approximate surface area is 196 Å². The van der Waals surface area contributed by atoms with Crippen molar-refractivity contribution in [1.29, 1.82) is 0 Å². The normalized spacial score (nSPS) is 11.3. The molecule has 0 bridgehead atoms. The topological polar surface area (TPSA) is 52.2 Å². The van der Waals surface area contributed by atoms with Gasteiger partial charge in [-0.1, -0.05) is 72.8 Å². The van der Waals surface area contributed by atoms with Gasteiger partial charge < -0.3 is 4.57 Å². The number of aryl methyl sites for hydroxylation is 1. The minimum absolute atomic E-state index is 0.137. The zero-order chi connectivity index (χ0) is 23.1. The van der Waals surface area contributed by atoms with Gasteiger partial charge in [-0.2, -0.15) is 9.61 Å². The molecule has 0 spiro atoms. The first-order valence-corrected chi connectivity index (χ1v) is 11.4. The molecule has 6 aromatic rings. The van der Waals surface area contributed by atoms with Crippen molar-refractivity contribution in [2.75, 3.05) is 0 Å². The van der Waals surface area contributed by atoms with Crippen molar-refractivity contribution in [1.82, 2.24) is 19.2 Å². The van der Waals surface area contributed by atoms with Crippen LogP contribution in [0.1, 0.15) is 6.92 Å². The number of aromatic nitrogens is 4. The molecule has 0 N–H and O–H groups in total. The van der Waals surface area contributed by atoms with Gasteiger partial charge in [0.25, 0.3) is 5.56 Å². The van der Waals surface area contributed by atoms with E-state index in [2.05, 4.69) is 28.6 Å². The molecule has 3 heterocycles. The van der Waals surface area contributed by atoms with Gasteiger partial charge in [0.05, 0.1) is 16.6 Å². The first kappa shape index (κ1) is 20.1. The minimum atomic E-state index is -0.137. The molecule has 0 radical (unpaired) electrons. The predicted octanol–water partition coefficient (Wildman–Crippen LogP) is 6.07. The lowest BCUT2D eigenvalue weighted by Crippen LogP contribution is -2.20. The molecule has 5 nitrogen and oxygen atoms in total. The van der Waals surface area contributed by atoms with Crippen LogP contribution in [0.25, 0.3) is 50.1 Å². The molecule has 0 aliphatic carbocycles. The van der Waals surface area contributed by atoms with Gasteiger partial charge in [0.15, 0.2) is 0 Å². The van der Waals surface area contributed by atoms with Crippen LogP contribution in [0.4, 0.5) is 0 Å². The molecule has 164 valence electrons. The summed E-state index contributed by atoms with van der Waals surface area (Å²) in [5, 5.41) is 5.89. The average molecular weight is 443 g/mol. The van der Waals surface area contributed by atoms with Gasteiger partial charge in [-0.25, -0.2) is 0 Å². The second kappa shape index (κ2) is 8.12. The highest BCUT2D eigenvalue weighted by Crippen LogP contribution is 2.35. The summed E-state index contributed by atoms with van der Waals surface area (Å²) in [4.78, 5) is 18.2. The fraction of sp³-hybridized carbons (Fsp3) is 0.0690. The summed E-state index contributed by atoms with van der Waals surface area (Å²) in [6.07, 6.45) is 3.73. The van der Waals surface area contributed by atoms with Crippen molar-refractivity contribution >= 4 is 16.6 Å². The fourth-order valence-corrected chi connectivity index (χ4v) is 4.55. The van der Waals surface area contributed by atoms with Gasteiger partial charge in [-0.15, -0.1) is 0 Å². The van der Waals surface area contributed by atoms with Crippen LogP contribution in [0.3, 0.4) is 0 Å². The molecule has 0 atom stereocenters. The van der Waals surface area contributed by atoms with E-state index in [0.717, 1.165) is 44.5 Å². The van der Waals surface area contributed by atoms with Crippen molar-refractivity contribution in [2.45, 2.75) is 13.5 Å². The van der Waals surface area contributed by atoms with E-state index in [4.69, 9.17) is 5.10 Å². The van der Waals surface area contributed by atoms with E-state index in [9.17, 15) is 4.79 Å². The lowest BCUT2D eigenvalue weighted by atomic mass is 10.0. The maximum Gasteiger partial charge on any atom is 0.282 e. The Hall–Kier alpha value is -4.51. The molecular formula is C29H22N4O. The molecule has 0 aliphatic heterocycles. The van der Waals surface area contributed by atoms with Crippen LogP contribution in [0.2, 0.25) is 0 Å². The smallest absolute Gasteiger partial charge is 0.282 e. The summed E-state index contributed by atoms with van der Waals surface area (Å²) in [6, 6.07) is 30.1. The highest BCUT2D eigenvalue weighted by atomic mass is 16.1. The number of rotatable bonds is 4. The number of hydrogen-bond acceptors (Lipinski definition) is 3. The molecule has 5 heteroatoms. The standard InChI is InChI=1S/C29H22N4O/c1-2-32-19-24(22-15-16-25-23(18-22)14-9-17-30-25)29(34)33-28(32)26(20-10-5-3-6-11-20)27(31-33)21-12-7-4-8-13-21/h3-19H,2H2,1H3.